The highest BCUT2D eigenvalue weighted by molar-refractivity contribution is 7.00. The average molecular weight is 373 g/mol. The van der Waals surface area contributed by atoms with Crippen molar-refractivity contribution in [2.75, 3.05) is 0 Å². The van der Waals surface area contributed by atoms with Crippen LogP contribution in [0.5, 0.6) is 0 Å². The van der Waals surface area contributed by atoms with Crippen LogP contribution >= 0.6 is 11.7 Å². The fourth-order valence-electron chi connectivity index (χ4n) is 3.13. The quantitative estimate of drug-likeness (QED) is 0.405. The van der Waals surface area contributed by atoms with Crippen LogP contribution in [0.3, 0.4) is 0 Å². The fraction of sp³-hybridized carbons (Fsp3) is 0. The summed E-state index contributed by atoms with van der Waals surface area (Å²) in [6.45, 7) is 0. The van der Waals surface area contributed by atoms with E-state index in [9.17, 15) is 0 Å². The van der Waals surface area contributed by atoms with Crippen LogP contribution in [-0.4, -0.2) is 8.75 Å². The van der Waals surface area contributed by atoms with Crippen molar-refractivity contribution >= 4 is 33.5 Å². The van der Waals surface area contributed by atoms with Crippen LogP contribution in [0.15, 0.2) is 54.6 Å². The van der Waals surface area contributed by atoms with Gasteiger partial charge in [-0.2, -0.15) is 8.75 Å². The highest BCUT2D eigenvalue weighted by atomic mass is 32.1. The Morgan fingerprint density at radius 2 is 1.25 bits per heavy atom. The second kappa shape index (κ2) is 7.47. The number of fused-ring (bicyclic) bond motifs is 2. The maximum absolute atomic E-state index is 4.46. The lowest BCUT2D eigenvalue weighted by atomic mass is 10.0. The Morgan fingerprint density at radius 1 is 0.607 bits per heavy atom. The molecule has 1 aliphatic rings. The van der Waals surface area contributed by atoms with Crippen molar-refractivity contribution in [2.45, 2.75) is 0 Å². The van der Waals surface area contributed by atoms with Gasteiger partial charge in [-0.1, -0.05) is 60.1 Å². The van der Waals surface area contributed by atoms with Crippen LogP contribution in [0.2, 0.25) is 0 Å². The van der Waals surface area contributed by atoms with E-state index in [1.807, 2.05) is 62.1 Å². The molecule has 0 unspecified atom stereocenters. The van der Waals surface area contributed by atoms with Crippen LogP contribution < -0.4 is 0 Å². The molecule has 1 saturated carbocycles. The van der Waals surface area contributed by atoms with Gasteiger partial charge in [0.05, 0.1) is 28.8 Å². The zero-order valence-electron chi connectivity index (χ0n) is 14.8. The molecular formula is C25H13N2S. The number of benzene rings is 3. The van der Waals surface area contributed by atoms with Gasteiger partial charge in [0.1, 0.15) is 11.0 Å². The van der Waals surface area contributed by atoms with Crippen LogP contribution in [0.1, 0.15) is 16.7 Å². The molecule has 0 N–H and O–H groups in total. The highest BCUT2D eigenvalue weighted by Crippen LogP contribution is 2.24. The molecule has 3 aromatic carbocycles. The third-order valence-corrected chi connectivity index (χ3v) is 5.07. The molecule has 1 aromatic heterocycles. The van der Waals surface area contributed by atoms with Gasteiger partial charge >= 0.3 is 0 Å². The van der Waals surface area contributed by atoms with Gasteiger partial charge in [0.2, 0.25) is 0 Å². The molecule has 0 amide bonds. The molecule has 1 fully saturated rings. The Bertz CT molecular complexity index is 1280. The van der Waals surface area contributed by atoms with Crippen molar-refractivity contribution in [1.82, 2.24) is 8.75 Å². The first-order chi connectivity index (χ1) is 13.9. The molecule has 5 rings (SSSR count). The summed E-state index contributed by atoms with van der Waals surface area (Å²) < 4.78 is 8.90. The summed E-state index contributed by atoms with van der Waals surface area (Å²) in [7, 11) is 0. The molecule has 3 heteroatoms. The minimum atomic E-state index is 0.812. The molecule has 0 saturated heterocycles. The van der Waals surface area contributed by atoms with E-state index in [-0.39, 0.29) is 0 Å². The van der Waals surface area contributed by atoms with Crippen molar-refractivity contribution in [2.24, 2.45) is 0 Å². The molecule has 0 bridgehead atoms. The topological polar surface area (TPSA) is 25.8 Å². The van der Waals surface area contributed by atoms with Crippen LogP contribution in [0, 0.1) is 55.3 Å². The normalized spacial score (nSPS) is 13.9. The van der Waals surface area contributed by atoms with Crippen LogP contribution in [0.25, 0.3) is 21.8 Å². The SMILES string of the molecule is C(#Cc1ccc(C#Cc2cccc3ccccc23)c2nsnc12)[C]1[CH][CH][CH][CH]1. The second-order valence-corrected chi connectivity index (χ2v) is 6.85. The van der Waals surface area contributed by atoms with Crippen molar-refractivity contribution < 1.29 is 0 Å². The van der Waals surface area contributed by atoms with Crippen molar-refractivity contribution in [3.63, 3.8) is 0 Å². The second-order valence-electron chi connectivity index (χ2n) is 6.32. The third-order valence-electron chi connectivity index (χ3n) is 4.54. The molecule has 129 valence electrons. The average Bonchev–Trinajstić information content (AvgIpc) is 3.43. The van der Waals surface area contributed by atoms with Gasteiger partial charge in [0.25, 0.3) is 0 Å². The van der Waals surface area contributed by atoms with E-state index in [2.05, 4.69) is 50.6 Å². The van der Waals surface area contributed by atoms with E-state index in [4.69, 9.17) is 0 Å². The fourth-order valence-corrected chi connectivity index (χ4v) is 3.71. The third kappa shape index (κ3) is 3.26. The summed E-state index contributed by atoms with van der Waals surface area (Å²) in [5.74, 6) is 14.0. The minimum absolute atomic E-state index is 0.812. The maximum Gasteiger partial charge on any atom is 0.121 e. The summed E-state index contributed by atoms with van der Waals surface area (Å²) in [5, 5.41) is 2.34. The van der Waals surface area contributed by atoms with Crippen LogP contribution in [0.4, 0.5) is 0 Å². The summed E-state index contributed by atoms with van der Waals surface area (Å²) in [6, 6.07) is 18.4. The summed E-state index contributed by atoms with van der Waals surface area (Å²) in [6.07, 6.45) is 7.95. The smallest absolute Gasteiger partial charge is 0.121 e. The lowest BCUT2D eigenvalue weighted by Crippen LogP contribution is -1.88. The molecule has 1 aliphatic carbocycles. The first-order valence-electron chi connectivity index (χ1n) is 8.87. The molecule has 0 atom stereocenters. The van der Waals surface area contributed by atoms with Crippen molar-refractivity contribution in [3.8, 4) is 23.7 Å². The van der Waals surface area contributed by atoms with E-state index < -0.39 is 0 Å². The number of hydrogen-bond donors (Lipinski definition) is 0. The Hall–Kier alpha value is -3.14. The molecule has 0 aliphatic heterocycles. The molecular weight excluding hydrogens is 360 g/mol. The first-order valence-corrected chi connectivity index (χ1v) is 9.60. The summed E-state index contributed by atoms with van der Waals surface area (Å²) >= 11 is 1.19. The Kier molecular flexibility index (Phi) is 4.53. The Balaban J connectivity index is 1.54. The van der Waals surface area contributed by atoms with Gasteiger partial charge in [-0.3, -0.25) is 0 Å². The van der Waals surface area contributed by atoms with E-state index >= 15 is 0 Å². The Labute approximate surface area is 168 Å². The molecule has 2 nitrogen and oxygen atoms in total. The number of nitrogens with zero attached hydrogens (tertiary/aromatic N) is 2. The number of rotatable bonds is 0. The predicted molar refractivity (Wildman–Crippen MR) is 115 cm³/mol. The minimum Gasteiger partial charge on any atom is -0.172 e. The molecule has 4 aromatic rings. The maximum atomic E-state index is 4.46. The van der Waals surface area contributed by atoms with E-state index in [1.54, 1.807) is 0 Å². The van der Waals surface area contributed by atoms with E-state index in [0.29, 0.717) is 0 Å². The van der Waals surface area contributed by atoms with Gasteiger partial charge in [0.15, 0.2) is 0 Å². The zero-order chi connectivity index (χ0) is 18.8. The summed E-state index contributed by atoms with van der Waals surface area (Å²) in [5.41, 5.74) is 4.38. The number of aromatic nitrogens is 2. The van der Waals surface area contributed by atoms with Crippen molar-refractivity contribution in [1.29, 1.82) is 0 Å². The van der Waals surface area contributed by atoms with Gasteiger partial charge in [-0.05, 0) is 54.7 Å². The lowest BCUT2D eigenvalue weighted by molar-refractivity contribution is 1.43. The van der Waals surface area contributed by atoms with E-state index in [1.165, 1.54) is 17.1 Å². The van der Waals surface area contributed by atoms with Gasteiger partial charge < -0.3 is 0 Å². The monoisotopic (exact) mass is 373 g/mol. The standard InChI is InChI=1S/C25H13N2S/c1-2-7-18(6-1)12-13-21-16-17-22(25-24(21)26-28-27-25)15-14-20-10-5-9-19-8-3-4-11-23(19)20/h1-11,16-17H. The van der Waals surface area contributed by atoms with Crippen molar-refractivity contribution in [3.05, 3.63) is 103 Å². The largest absolute Gasteiger partial charge is 0.172 e. The van der Waals surface area contributed by atoms with Crippen LogP contribution in [-0.2, 0) is 0 Å². The van der Waals surface area contributed by atoms with E-state index in [0.717, 1.165) is 39.0 Å². The molecule has 28 heavy (non-hydrogen) atoms. The summed E-state index contributed by atoms with van der Waals surface area (Å²) in [4.78, 5) is 0. The highest BCUT2D eigenvalue weighted by Gasteiger charge is 2.14. The van der Waals surface area contributed by atoms with Gasteiger partial charge in [-0.25, -0.2) is 0 Å². The molecule has 5 radical (unpaired) electrons. The Morgan fingerprint density at radius 3 is 2.04 bits per heavy atom. The lowest BCUT2D eigenvalue weighted by Gasteiger charge is -2.00. The van der Waals surface area contributed by atoms with Gasteiger partial charge in [0, 0.05) is 5.56 Å². The first kappa shape index (κ1) is 17.0. The zero-order valence-corrected chi connectivity index (χ0v) is 15.6. The van der Waals surface area contributed by atoms with Gasteiger partial charge in [-0.15, -0.1) is 0 Å². The molecule has 1 heterocycles. The molecule has 0 spiro atoms. The predicted octanol–water partition coefficient (Wildman–Crippen LogP) is 5.00. The number of hydrogen-bond acceptors (Lipinski definition) is 3.